The lowest BCUT2D eigenvalue weighted by atomic mass is 10.2. The molecule has 0 radical (unpaired) electrons. The Morgan fingerprint density at radius 1 is 1.11 bits per heavy atom. The number of carboxylic acid groups (broad SMARTS) is 2. The van der Waals surface area contributed by atoms with Crippen molar-refractivity contribution in [2.45, 2.75) is 19.3 Å². The summed E-state index contributed by atoms with van der Waals surface area (Å²) in [6, 6.07) is 3.37. The van der Waals surface area contributed by atoms with Gasteiger partial charge in [0, 0.05) is 12.8 Å². The summed E-state index contributed by atoms with van der Waals surface area (Å²) in [6.45, 7) is 0. The summed E-state index contributed by atoms with van der Waals surface area (Å²) < 4.78 is 4.84. The number of phenols is 1. The second-order valence-corrected chi connectivity index (χ2v) is 3.71. The molecule has 1 aromatic carbocycles. The first-order chi connectivity index (χ1) is 8.90. The Morgan fingerprint density at radius 3 is 2.37 bits per heavy atom. The number of benzene rings is 1. The molecule has 7 heteroatoms. The summed E-state index contributed by atoms with van der Waals surface area (Å²) in [5.74, 6) is -3.47. The first-order valence-electron chi connectivity index (χ1n) is 5.39. The number of ether oxygens (including phenoxy) is 1. The molecule has 0 bridgehead atoms. The minimum absolute atomic E-state index is 0.0180. The summed E-state index contributed by atoms with van der Waals surface area (Å²) in [5, 5.41) is 26.4. The largest absolute Gasteiger partial charge is 0.507 e. The normalized spacial score (nSPS) is 9.89. The third-order valence-electron chi connectivity index (χ3n) is 2.20. The van der Waals surface area contributed by atoms with Crippen LogP contribution < -0.4 is 4.74 Å². The monoisotopic (exact) mass is 268 g/mol. The summed E-state index contributed by atoms with van der Waals surface area (Å²) in [4.78, 5) is 32.3. The van der Waals surface area contributed by atoms with Gasteiger partial charge in [-0.15, -0.1) is 0 Å². The van der Waals surface area contributed by atoms with Crippen LogP contribution in [0.4, 0.5) is 0 Å². The number of carboxylic acids is 2. The molecular formula is C12H12O7. The van der Waals surface area contributed by atoms with Gasteiger partial charge in [-0.25, -0.2) is 4.79 Å². The zero-order valence-corrected chi connectivity index (χ0v) is 9.83. The molecule has 0 spiro atoms. The molecule has 0 unspecified atom stereocenters. The molecule has 0 atom stereocenters. The SMILES string of the molecule is O=C(O)CCCC(=O)Oc1ccc(O)c(C(=O)O)c1. The van der Waals surface area contributed by atoms with E-state index in [-0.39, 0.29) is 30.6 Å². The van der Waals surface area contributed by atoms with E-state index in [4.69, 9.17) is 14.9 Å². The van der Waals surface area contributed by atoms with Crippen LogP contribution in [0.1, 0.15) is 29.6 Å². The Balaban J connectivity index is 2.62. The minimum atomic E-state index is -1.35. The van der Waals surface area contributed by atoms with Gasteiger partial charge in [0.1, 0.15) is 17.1 Å². The van der Waals surface area contributed by atoms with Gasteiger partial charge in [-0.2, -0.15) is 0 Å². The van der Waals surface area contributed by atoms with Crippen LogP contribution in [-0.2, 0) is 9.59 Å². The van der Waals surface area contributed by atoms with Crippen LogP contribution in [0.2, 0.25) is 0 Å². The smallest absolute Gasteiger partial charge is 0.339 e. The number of aromatic carboxylic acids is 1. The molecule has 0 aliphatic carbocycles. The van der Waals surface area contributed by atoms with Crippen molar-refractivity contribution in [2.75, 3.05) is 0 Å². The summed E-state index contributed by atoms with van der Waals surface area (Å²) in [5.41, 5.74) is -0.379. The molecule has 0 aliphatic heterocycles. The lowest BCUT2D eigenvalue weighted by molar-refractivity contribution is -0.137. The first-order valence-corrected chi connectivity index (χ1v) is 5.39. The lowest BCUT2D eigenvalue weighted by Crippen LogP contribution is -2.09. The molecule has 1 aromatic rings. The second-order valence-electron chi connectivity index (χ2n) is 3.71. The van der Waals surface area contributed by atoms with E-state index in [2.05, 4.69) is 0 Å². The molecule has 0 fully saturated rings. The van der Waals surface area contributed by atoms with Crippen LogP contribution in [0.3, 0.4) is 0 Å². The maximum atomic E-state index is 11.3. The molecule has 19 heavy (non-hydrogen) atoms. The molecule has 0 heterocycles. The van der Waals surface area contributed by atoms with Crippen molar-refractivity contribution in [3.05, 3.63) is 23.8 Å². The highest BCUT2D eigenvalue weighted by Gasteiger charge is 2.13. The predicted octanol–water partition coefficient (Wildman–Crippen LogP) is 1.25. The maximum Gasteiger partial charge on any atom is 0.339 e. The maximum absolute atomic E-state index is 11.3. The number of aromatic hydroxyl groups is 1. The molecule has 0 aliphatic rings. The molecule has 102 valence electrons. The van der Waals surface area contributed by atoms with Gasteiger partial charge in [-0.05, 0) is 24.6 Å². The van der Waals surface area contributed by atoms with Crippen LogP contribution in [0.15, 0.2) is 18.2 Å². The average Bonchev–Trinajstić information content (AvgIpc) is 2.30. The van der Waals surface area contributed by atoms with Crippen molar-refractivity contribution in [2.24, 2.45) is 0 Å². The third kappa shape index (κ3) is 4.66. The van der Waals surface area contributed by atoms with E-state index in [1.165, 1.54) is 6.07 Å². The number of carbonyl (C=O) groups excluding carboxylic acids is 1. The van der Waals surface area contributed by atoms with Crippen LogP contribution in [0, 0.1) is 0 Å². The fourth-order valence-corrected chi connectivity index (χ4v) is 1.32. The fourth-order valence-electron chi connectivity index (χ4n) is 1.32. The number of carbonyl (C=O) groups is 3. The lowest BCUT2D eigenvalue weighted by Gasteiger charge is -2.05. The van der Waals surface area contributed by atoms with E-state index in [0.29, 0.717) is 0 Å². The van der Waals surface area contributed by atoms with Crippen molar-refractivity contribution >= 4 is 17.9 Å². The van der Waals surface area contributed by atoms with Gasteiger partial charge in [0.15, 0.2) is 0 Å². The van der Waals surface area contributed by atoms with E-state index in [0.717, 1.165) is 12.1 Å². The highest BCUT2D eigenvalue weighted by Crippen LogP contribution is 2.23. The Kier molecular flexibility index (Phi) is 4.87. The summed E-state index contributed by atoms with van der Waals surface area (Å²) in [6.07, 6.45) is -0.0985. The van der Waals surface area contributed by atoms with Gasteiger partial charge in [0.05, 0.1) is 0 Å². The number of hydrogen-bond donors (Lipinski definition) is 3. The Morgan fingerprint density at radius 2 is 1.79 bits per heavy atom. The Labute approximate surface area is 108 Å². The zero-order valence-electron chi connectivity index (χ0n) is 9.83. The molecular weight excluding hydrogens is 256 g/mol. The zero-order chi connectivity index (χ0) is 14.4. The van der Waals surface area contributed by atoms with Crippen molar-refractivity contribution in [1.29, 1.82) is 0 Å². The van der Waals surface area contributed by atoms with Crippen LogP contribution in [0.25, 0.3) is 0 Å². The summed E-state index contributed by atoms with van der Waals surface area (Å²) in [7, 11) is 0. The molecule has 0 aromatic heterocycles. The van der Waals surface area contributed by atoms with Crippen molar-refractivity contribution in [1.82, 2.24) is 0 Å². The summed E-state index contributed by atoms with van der Waals surface area (Å²) >= 11 is 0. The topological polar surface area (TPSA) is 121 Å². The van der Waals surface area contributed by atoms with Crippen molar-refractivity contribution in [3.8, 4) is 11.5 Å². The second kappa shape index (κ2) is 6.39. The number of esters is 1. The standard InChI is InChI=1S/C12H12O7/c13-9-5-4-7(6-8(9)12(17)18)19-11(16)3-1-2-10(14)15/h4-6,13H,1-3H2,(H,14,15)(H,17,18). The molecule has 1 rings (SSSR count). The molecule has 0 saturated heterocycles. The molecule has 0 amide bonds. The van der Waals surface area contributed by atoms with E-state index in [1.807, 2.05) is 0 Å². The van der Waals surface area contributed by atoms with Gasteiger partial charge in [0.2, 0.25) is 0 Å². The van der Waals surface area contributed by atoms with E-state index in [9.17, 15) is 19.5 Å². The van der Waals surface area contributed by atoms with Crippen molar-refractivity contribution < 1.29 is 34.4 Å². The number of aliphatic carboxylic acids is 1. The van der Waals surface area contributed by atoms with E-state index < -0.39 is 23.7 Å². The predicted molar refractivity (Wildman–Crippen MR) is 62.2 cm³/mol. The quantitative estimate of drug-likeness (QED) is 0.524. The third-order valence-corrected chi connectivity index (χ3v) is 2.20. The van der Waals surface area contributed by atoms with Gasteiger partial charge < -0.3 is 20.1 Å². The van der Waals surface area contributed by atoms with Crippen LogP contribution >= 0.6 is 0 Å². The number of hydrogen-bond acceptors (Lipinski definition) is 5. The molecule has 7 nitrogen and oxygen atoms in total. The van der Waals surface area contributed by atoms with Gasteiger partial charge in [0.25, 0.3) is 0 Å². The van der Waals surface area contributed by atoms with Crippen LogP contribution in [0.5, 0.6) is 11.5 Å². The number of rotatable bonds is 6. The first kappa shape index (κ1) is 14.5. The highest BCUT2D eigenvalue weighted by atomic mass is 16.5. The van der Waals surface area contributed by atoms with E-state index in [1.54, 1.807) is 0 Å². The fraction of sp³-hybridized carbons (Fsp3) is 0.250. The van der Waals surface area contributed by atoms with E-state index >= 15 is 0 Å². The molecule has 3 N–H and O–H groups in total. The average molecular weight is 268 g/mol. The highest BCUT2D eigenvalue weighted by molar-refractivity contribution is 5.91. The Hall–Kier alpha value is -2.57. The van der Waals surface area contributed by atoms with Gasteiger partial charge >= 0.3 is 17.9 Å². The van der Waals surface area contributed by atoms with Crippen LogP contribution in [-0.4, -0.2) is 33.2 Å². The van der Waals surface area contributed by atoms with Gasteiger partial charge in [-0.1, -0.05) is 0 Å². The minimum Gasteiger partial charge on any atom is -0.507 e. The molecule has 0 saturated carbocycles. The van der Waals surface area contributed by atoms with Gasteiger partial charge in [-0.3, -0.25) is 9.59 Å². The Bertz CT molecular complexity index is 507. The van der Waals surface area contributed by atoms with Crippen molar-refractivity contribution in [3.63, 3.8) is 0 Å².